The Kier molecular flexibility index (Phi) is 4.79. The lowest BCUT2D eigenvalue weighted by molar-refractivity contribution is 0.593. The topological polar surface area (TPSA) is 12.0 Å². The largest absolute Gasteiger partial charge is 0.310 e. The standard InChI is InChI=1S/C19H24FN/c1-6-21-15(5)17-8-7-16(20)11-18(17)19-13(3)9-12(2)10-14(19)4/h7-11,15,21H,6H2,1-5H3. The molecule has 0 aromatic heterocycles. The van der Waals surface area contributed by atoms with Gasteiger partial charge in [-0.15, -0.1) is 0 Å². The van der Waals surface area contributed by atoms with Gasteiger partial charge in [0.05, 0.1) is 0 Å². The van der Waals surface area contributed by atoms with Gasteiger partial charge < -0.3 is 5.32 Å². The Bertz CT molecular complexity index is 623. The van der Waals surface area contributed by atoms with Crippen LogP contribution in [0.1, 0.15) is 42.1 Å². The molecule has 0 aliphatic rings. The van der Waals surface area contributed by atoms with Crippen molar-refractivity contribution in [2.45, 2.75) is 40.7 Å². The fourth-order valence-corrected chi connectivity index (χ4v) is 3.14. The van der Waals surface area contributed by atoms with E-state index in [9.17, 15) is 4.39 Å². The molecule has 1 unspecified atom stereocenters. The molecule has 2 aromatic carbocycles. The minimum absolute atomic E-state index is 0.183. The van der Waals surface area contributed by atoms with Crippen molar-refractivity contribution in [3.05, 3.63) is 58.4 Å². The molecule has 0 fully saturated rings. The van der Waals surface area contributed by atoms with E-state index in [1.807, 2.05) is 6.07 Å². The van der Waals surface area contributed by atoms with Crippen LogP contribution in [0.5, 0.6) is 0 Å². The summed E-state index contributed by atoms with van der Waals surface area (Å²) in [6.45, 7) is 11.4. The molecule has 0 bridgehead atoms. The van der Waals surface area contributed by atoms with Gasteiger partial charge in [0.15, 0.2) is 0 Å². The van der Waals surface area contributed by atoms with E-state index in [0.717, 1.165) is 23.2 Å². The molecule has 112 valence electrons. The molecule has 0 heterocycles. The van der Waals surface area contributed by atoms with E-state index in [0.29, 0.717) is 0 Å². The minimum atomic E-state index is -0.183. The van der Waals surface area contributed by atoms with Crippen molar-refractivity contribution in [3.63, 3.8) is 0 Å². The summed E-state index contributed by atoms with van der Waals surface area (Å²) in [4.78, 5) is 0. The SMILES string of the molecule is CCNC(C)c1ccc(F)cc1-c1c(C)cc(C)cc1C. The highest BCUT2D eigenvalue weighted by atomic mass is 19.1. The molecule has 0 radical (unpaired) electrons. The first kappa shape index (κ1) is 15.7. The van der Waals surface area contributed by atoms with E-state index >= 15 is 0 Å². The zero-order chi connectivity index (χ0) is 15.6. The molecule has 1 nitrogen and oxygen atoms in total. The predicted octanol–water partition coefficient (Wildman–Crippen LogP) is 5.09. The van der Waals surface area contributed by atoms with Crippen LogP contribution in [0.3, 0.4) is 0 Å². The molecule has 0 amide bonds. The second-order valence-electron chi connectivity index (χ2n) is 5.78. The molecule has 2 heteroatoms. The molecule has 2 rings (SSSR count). The molecule has 1 N–H and O–H groups in total. The average molecular weight is 285 g/mol. The van der Waals surface area contributed by atoms with Crippen molar-refractivity contribution in [2.75, 3.05) is 6.54 Å². The fourth-order valence-electron chi connectivity index (χ4n) is 3.14. The third-order valence-corrected chi connectivity index (χ3v) is 3.94. The van der Waals surface area contributed by atoms with Crippen molar-refractivity contribution in [1.82, 2.24) is 5.32 Å². The molecule has 0 saturated heterocycles. The van der Waals surface area contributed by atoms with E-state index in [-0.39, 0.29) is 11.9 Å². The summed E-state index contributed by atoms with van der Waals surface area (Å²) in [7, 11) is 0. The van der Waals surface area contributed by atoms with Gasteiger partial charge in [-0.3, -0.25) is 0 Å². The maximum atomic E-state index is 13.8. The Morgan fingerprint density at radius 2 is 1.67 bits per heavy atom. The van der Waals surface area contributed by atoms with E-state index < -0.39 is 0 Å². The summed E-state index contributed by atoms with van der Waals surface area (Å²) in [5, 5.41) is 3.42. The number of hydrogen-bond donors (Lipinski definition) is 1. The minimum Gasteiger partial charge on any atom is -0.310 e. The summed E-state index contributed by atoms with van der Waals surface area (Å²) >= 11 is 0. The molecular weight excluding hydrogens is 261 g/mol. The van der Waals surface area contributed by atoms with Crippen LogP contribution in [-0.2, 0) is 0 Å². The first-order chi connectivity index (χ1) is 9.93. The molecule has 0 aliphatic heterocycles. The number of hydrogen-bond acceptors (Lipinski definition) is 1. The van der Waals surface area contributed by atoms with Crippen LogP contribution in [-0.4, -0.2) is 6.54 Å². The molecule has 0 saturated carbocycles. The van der Waals surface area contributed by atoms with Crippen LogP contribution in [0.2, 0.25) is 0 Å². The average Bonchev–Trinajstić information content (AvgIpc) is 2.37. The van der Waals surface area contributed by atoms with E-state index in [2.05, 4.69) is 52.1 Å². The van der Waals surface area contributed by atoms with Gasteiger partial charge in [0.1, 0.15) is 5.82 Å². The summed E-state index contributed by atoms with van der Waals surface area (Å²) in [5.74, 6) is -0.183. The van der Waals surface area contributed by atoms with Gasteiger partial charge in [-0.2, -0.15) is 0 Å². The smallest absolute Gasteiger partial charge is 0.123 e. The second-order valence-corrected chi connectivity index (χ2v) is 5.78. The molecule has 0 aliphatic carbocycles. The zero-order valence-electron chi connectivity index (χ0n) is 13.5. The normalized spacial score (nSPS) is 12.5. The van der Waals surface area contributed by atoms with Crippen LogP contribution >= 0.6 is 0 Å². The Morgan fingerprint density at radius 1 is 1.05 bits per heavy atom. The molecule has 0 spiro atoms. The summed E-state index contributed by atoms with van der Waals surface area (Å²) in [5.41, 5.74) is 6.93. The van der Waals surface area contributed by atoms with Gasteiger partial charge in [-0.05, 0) is 74.2 Å². The maximum Gasteiger partial charge on any atom is 0.123 e. The number of benzene rings is 2. The van der Waals surface area contributed by atoms with Crippen LogP contribution in [0.25, 0.3) is 11.1 Å². The maximum absolute atomic E-state index is 13.8. The Morgan fingerprint density at radius 3 is 2.24 bits per heavy atom. The second kappa shape index (κ2) is 6.40. The van der Waals surface area contributed by atoms with E-state index in [4.69, 9.17) is 0 Å². The highest BCUT2D eigenvalue weighted by molar-refractivity contribution is 5.74. The van der Waals surface area contributed by atoms with Crippen molar-refractivity contribution in [3.8, 4) is 11.1 Å². The van der Waals surface area contributed by atoms with Crippen LogP contribution < -0.4 is 5.32 Å². The summed E-state index contributed by atoms with van der Waals surface area (Å²) in [6.07, 6.45) is 0. The Labute approximate surface area is 127 Å². The molecular formula is C19H24FN. The van der Waals surface area contributed by atoms with Crippen molar-refractivity contribution in [1.29, 1.82) is 0 Å². The lowest BCUT2D eigenvalue weighted by atomic mass is 9.89. The Hall–Kier alpha value is -1.67. The third-order valence-electron chi connectivity index (χ3n) is 3.94. The lowest BCUT2D eigenvalue weighted by Gasteiger charge is -2.20. The van der Waals surface area contributed by atoms with Crippen molar-refractivity contribution in [2.24, 2.45) is 0 Å². The van der Waals surface area contributed by atoms with Gasteiger partial charge >= 0.3 is 0 Å². The highest BCUT2D eigenvalue weighted by Crippen LogP contribution is 2.34. The van der Waals surface area contributed by atoms with E-state index in [1.165, 1.54) is 16.7 Å². The monoisotopic (exact) mass is 285 g/mol. The molecule has 1 atom stereocenters. The van der Waals surface area contributed by atoms with Gasteiger partial charge in [-0.25, -0.2) is 4.39 Å². The van der Waals surface area contributed by atoms with Gasteiger partial charge in [0.25, 0.3) is 0 Å². The first-order valence-corrected chi connectivity index (χ1v) is 7.55. The highest BCUT2D eigenvalue weighted by Gasteiger charge is 2.15. The number of aryl methyl sites for hydroxylation is 3. The molecule has 2 aromatic rings. The number of nitrogens with one attached hydrogen (secondary N) is 1. The van der Waals surface area contributed by atoms with Crippen LogP contribution in [0.4, 0.5) is 4.39 Å². The van der Waals surface area contributed by atoms with Crippen LogP contribution in [0, 0.1) is 26.6 Å². The van der Waals surface area contributed by atoms with Crippen LogP contribution in [0.15, 0.2) is 30.3 Å². The van der Waals surface area contributed by atoms with Crippen molar-refractivity contribution < 1.29 is 4.39 Å². The van der Waals surface area contributed by atoms with E-state index in [1.54, 1.807) is 12.1 Å². The number of rotatable bonds is 4. The first-order valence-electron chi connectivity index (χ1n) is 7.55. The Balaban J connectivity index is 2.65. The summed E-state index contributed by atoms with van der Waals surface area (Å²) in [6, 6.07) is 9.63. The fraction of sp³-hybridized carbons (Fsp3) is 0.368. The lowest BCUT2D eigenvalue weighted by Crippen LogP contribution is -2.18. The zero-order valence-corrected chi connectivity index (χ0v) is 13.5. The number of halogens is 1. The predicted molar refractivity (Wildman–Crippen MR) is 88.1 cm³/mol. The quantitative estimate of drug-likeness (QED) is 0.825. The van der Waals surface area contributed by atoms with Gasteiger partial charge in [-0.1, -0.05) is 30.7 Å². The van der Waals surface area contributed by atoms with Crippen molar-refractivity contribution >= 4 is 0 Å². The van der Waals surface area contributed by atoms with Gasteiger partial charge in [0.2, 0.25) is 0 Å². The van der Waals surface area contributed by atoms with Gasteiger partial charge in [0, 0.05) is 6.04 Å². The molecule has 21 heavy (non-hydrogen) atoms. The third kappa shape index (κ3) is 3.33. The summed E-state index contributed by atoms with van der Waals surface area (Å²) < 4.78 is 13.8.